The summed E-state index contributed by atoms with van der Waals surface area (Å²) in [6.45, 7) is 2.10. The number of hydrogen-bond acceptors (Lipinski definition) is 2. The maximum Gasteiger partial charge on any atom is 0.136 e. The van der Waals surface area contributed by atoms with Crippen LogP contribution in [0.3, 0.4) is 0 Å². The number of aldehydes is 1. The van der Waals surface area contributed by atoms with Crippen LogP contribution in [0.25, 0.3) is 0 Å². The fraction of sp³-hybridized carbons (Fsp3) is 0.533. The van der Waals surface area contributed by atoms with Crippen molar-refractivity contribution in [2.45, 2.75) is 44.9 Å². The zero-order valence-electron chi connectivity index (χ0n) is 11.0. The minimum Gasteiger partial charge on any atom is -0.495 e. The maximum atomic E-state index is 10.8. The Labute approximate surface area is 117 Å². The summed E-state index contributed by atoms with van der Waals surface area (Å²) < 4.78 is 6.56. The van der Waals surface area contributed by atoms with Crippen molar-refractivity contribution >= 4 is 22.2 Å². The van der Waals surface area contributed by atoms with Gasteiger partial charge in [0.05, 0.1) is 11.6 Å². The Morgan fingerprint density at radius 1 is 1.44 bits per heavy atom. The monoisotopic (exact) mass is 310 g/mol. The van der Waals surface area contributed by atoms with E-state index in [1.165, 1.54) is 29.5 Å². The Morgan fingerprint density at radius 2 is 2.17 bits per heavy atom. The molecule has 0 radical (unpaired) electrons. The number of ether oxygens (including phenoxy) is 1. The molecule has 0 saturated heterocycles. The molecular formula is C15H19BrO2. The van der Waals surface area contributed by atoms with Crippen molar-refractivity contribution < 1.29 is 9.53 Å². The fourth-order valence-corrected chi connectivity index (χ4v) is 3.52. The molecule has 0 amide bonds. The van der Waals surface area contributed by atoms with Gasteiger partial charge >= 0.3 is 0 Å². The lowest BCUT2D eigenvalue weighted by Gasteiger charge is -2.25. The predicted molar refractivity (Wildman–Crippen MR) is 76.4 cm³/mol. The standard InChI is InChI=1S/C15H19BrO2/c1-10(7-8-17)14-12-6-4-3-5-11(12)9-13(16)15(14)18-2/h8-10H,3-7H2,1-2H3. The maximum absolute atomic E-state index is 10.8. The first-order chi connectivity index (χ1) is 8.69. The van der Waals surface area contributed by atoms with E-state index in [4.69, 9.17) is 4.74 Å². The molecule has 1 aliphatic carbocycles. The first-order valence-electron chi connectivity index (χ1n) is 6.50. The molecule has 0 N–H and O–H groups in total. The Kier molecular flexibility index (Phi) is 4.44. The van der Waals surface area contributed by atoms with Gasteiger partial charge in [-0.3, -0.25) is 0 Å². The lowest BCUT2D eigenvalue weighted by atomic mass is 9.83. The van der Waals surface area contributed by atoms with Crippen LogP contribution in [0.5, 0.6) is 5.75 Å². The van der Waals surface area contributed by atoms with Crippen LogP contribution in [0.4, 0.5) is 0 Å². The Bertz CT molecular complexity index is 454. The molecule has 0 saturated carbocycles. The number of carbonyl (C=O) groups excluding carboxylic acids is 1. The summed E-state index contributed by atoms with van der Waals surface area (Å²) in [6, 6.07) is 2.18. The second-order valence-corrected chi connectivity index (χ2v) is 5.81. The number of carbonyl (C=O) groups is 1. The quantitative estimate of drug-likeness (QED) is 0.785. The summed E-state index contributed by atoms with van der Waals surface area (Å²) in [5, 5.41) is 0. The SMILES string of the molecule is COc1c(Br)cc2c(c1C(C)CC=O)CCCC2. The average molecular weight is 311 g/mol. The van der Waals surface area contributed by atoms with Crippen LogP contribution in [0.15, 0.2) is 10.5 Å². The molecule has 1 aromatic rings. The average Bonchev–Trinajstić information content (AvgIpc) is 2.37. The van der Waals surface area contributed by atoms with Gasteiger partial charge in [0.1, 0.15) is 12.0 Å². The molecule has 0 aliphatic heterocycles. The van der Waals surface area contributed by atoms with Crippen LogP contribution in [-0.2, 0) is 17.6 Å². The van der Waals surface area contributed by atoms with E-state index < -0.39 is 0 Å². The van der Waals surface area contributed by atoms with Gasteiger partial charge in [-0.1, -0.05) is 6.92 Å². The molecule has 98 valence electrons. The Morgan fingerprint density at radius 3 is 2.83 bits per heavy atom. The van der Waals surface area contributed by atoms with E-state index in [-0.39, 0.29) is 5.92 Å². The number of hydrogen-bond donors (Lipinski definition) is 0. The van der Waals surface area contributed by atoms with E-state index in [1.807, 2.05) is 0 Å². The minimum atomic E-state index is 0.224. The first kappa shape index (κ1) is 13.6. The number of fused-ring (bicyclic) bond motifs is 1. The third-order valence-corrected chi connectivity index (χ3v) is 4.33. The number of halogens is 1. The molecule has 1 aliphatic rings. The van der Waals surface area contributed by atoms with Crippen LogP contribution in [0.2, 0.25) is 0 Å². The van der Waals surface area contributed by atoms with Crippen LogP contribution in [0, 0.1) is 0 Å². The summed E-state index contributed by atoms with van der Waals surface area (Å²) in [5.74, 6) is 1.13. The number of rotatable bonds is 4. The molecule has 0 fully saturated rings. The molecule has 2 rings (SSSR count). The second kappa shape index (κ2) is 5.87. The van der Waals surface area contributed by atoms with E-state index in [1.54, 1.807) is 7.11 Å². The van der Waals surface area contributed by atoms with Crippen molar-refractivity contribution in [3.8, 4) is 5.75 Å². The van der Waals surface area contributed by atoms with Crippen LogP contribution in [0.1, 0.15) is 48.8 Å². The largest absolute Gasteiger partial charge is 0.495 e. The van der Waals surface area contributed by atoms with Crippen molar-refractivity contribution in [3.05, 3.63) is 27.2 Å². The topological polar surface area (TPSA) is 26.3 Å². The predicted octanol–water partition coefficient (Wildman–Crippen LogP) is 4.03. The summed E-state index contributed by atoms with van der Waals surface area (Å²) in [5.41, 5.74) is 4.06. The molecule has 1 unspecified atom stereocenters. The summed E-state index contributed by atoms with van der Waals surface area (Å²) in [7, 11) is 1.70. The van der Waals surface area contributed by atoms with Gasteiger partial charge in [0.2, 0.25) is 0 Å². The lowest BCUT2D eigenvalue weighted by molar-refractivity contribution is -0.108. The fourth-order valence-electron chi connectivity index (χ4n) is 2.87. The van der Waals surface area contributed by atoms with Crippen molar-refractivity contribution in [3.63, 3.8) is 0 Å². The van der Waals surface area contributed by atoms with E-state index in [2.05, 4.69) is 28.9 Å². The highest BCUT2D eigenvalue weighted by Crippen LogP contribution is 2.41. The highest BCUT2D eigenvalue weighted by molar-refractivity contribution is 9.10. The summed E-state index contributed by atoms with van der Waals surface area (Å²) >= 11 is 3.59. The summed E-state index contributed by atoms with van der Waals surface area (Å²) in [4.78, 5) is 10.8. The Balaban J connectivity index is 2.57. The first-order valence-corrected chi connectivity index (χ1v) is 7.30. The van der Waals surface area contributed by atoms with Gasteiger partial charge in [0, 0.05) is 12.0 Å². The van der Waals surface area contributed by atoms with Gasteiger partial charge in [-0.2, -0.15) is 0 Å². The number of methoxy groups -OCH3 is 1. The normalized spacial score (nSPS) is 15.9. The summed E-state index contributed by atoms with van der Waals surface area (Å²) in [6.07, 6.45) is 6.29. The zero-order valence-corrected chi connectivity index (χ0v) is 12.5. The second-order valence-electron chi connectivity index (χ2n) is 4.95. The van der Waals surface area contributed by atoms with Gasteiger partial charge in [-0.25, -0.2) is 0 Å². The zero-order chi connectivity index (χ0) is 13.1. The van der Waals surface area contributed by atoms with E-state index in [0.29, 0.717) is 6.42 Å². The lowest BCUT2D eigenvalue weighted by Crippen LogP contribution is -2.11. The molecule has 1 aromatic carbocycles. The molecule has 0 aromatic heterocycles. The van der Waals surface area contributed by atoms with Gasteiger partial charge in [-0.15, -0.1) is 0 Å². The van der Waals surface area contributed by atoms with E-state index >= 15 is 0 Å². The molecule has 0 bridgehead atoms. The molecule has 3 heteroatoms. The molecule has 0 heterocycles. The number of benzene rings is 1. The van der Waals surface area contributed by atoms with Gasteiger partial charge in [0.15, 0.2) is 0 Å². The Hall–Kier alpha value is -0.830. The van der Waals surface area contributed by atoms with Crippen molar-refractivity contribution in [2.24, 2.45) is 0 Å². The smallest absolute Gasteiger partial charge is 0.136 e. The van der Waals surface area contributed by atoms with Gasteiger partial charge in [0.25, 0.3) is 0 Å². The molecule has 2 nitrogen and oxygen atoms in total. The third-order valence-electron chi connectivity index (χ3n) is 3.74. The van der Waals surface area contributed by atoms with E-state index in [9.17, 15) is 4.79 Å². The highest BCUT2D eigenvalue weighted by atomic mass is 79.9. The third kappa shape index (κ3) is 2.46. The van der Waals surface area contributed by atoms with Crippen LogP contribution in [-0.4, -0.2) is 13.4 Å². The highest BCUT2D eigenvalue weighted by Gasteiger charge is 2.23. The molecule has 0 spiro atoms. The van der Waals surface area contributed by atoms with E-state index in [0.717, 1.165) is 29.4 Å². The molecule has 18 heavy (non-hydrogen) atoms. The van der Waals surface area contributed by atoms with Gasteiger partial charge < -0.3 is 9.53 Å². The minimum absolute atomic E-state index is 0.224. The number of aryl methyl sites for hydroxylation is 1. The van der Waals surface area contributed by atoms with Crippen LogP contribution >= 0.6 is 15.9 Å². The van der Waals surface area contributed by atoms with Crippen LogP contribution < -0.4 is 4.74 Å². The van der Waals surface area contributed by atoms with Gasteiger partial charge in [-0.05, 0) is 64.7 Å². The van der Waals surface area contributed by atoms with Crippen molar-refractivity contribution in [2.75, 3.05) is 7.11 Å². The molecular weight excluding hydrogens is 292 g/mol. The molecule has 1 atom stereocenters. The van der Waals surface area contributed by atoms with Crippen molar-refractivity contribution in [1.29, 1.82) is 0 Å². The van der Waals surface area contributed by atoms with Crippen molar-refractivity contribution in [1.82, 2.24) is 0 Å².